The molecule has 0 saturated heterocycles. The highest BCUT2D eigenvalue weighted by atomic mass is 16.5. The molecular formula is C16H19NO3. The van der Waals surface area contributed by atoms with Crippen molar-refractivity contribution in [1.82, 2.24) is 0 Å². The molecule has 2 atom stereocenters. The summed E-state index contributed by atoms with van der Waals surface area (Å²) in [6.45, 7) is 0. The monoisotopic (exact) mass is 273 g/mol. The van der Waals surface area contributed by atoms with Gasteiger partial charge < -0.3 is 14.2 Å². The van der Waals surface area contributed by atoms with Crippen molar-refractivity contribution in [2.75, 3.05) is 21.3 Å². The second-order valence-corrected chi connectivity index (χ2v) is 4.71. The van der Waals surface area contributed by atoms with Crippen molar-refractivity contribution in [3.05, 3.63) is 29.8 Å². The first-order chi connectivity index (χ1) is 9.76. The van der Waals surface area contributed by atoms with Crippen molar-refractivity contribution in [1.29, 1.82) is 5.26 Å². The van der Waals surface area contributed by atoms with Crippen LogP contribution in [0.4, 0.5) is 0 Å². The molecule has 0 amide bonds. The molecule has 0 saturated carbocycles. The molecule has 0 radical (unpaired) electrons. The van der Waals surface area contributed by atoms with E-state index in [9.17, 15) is 5.26 Å². The summed E-state index contributed by atoms with van der Waals surface area (Å²) >= 11 is 0. The van der Waals surface area contributed by atoms with Crippen molar-refractivity contribution in [3.8, 4) is 23.3 Å². The van der Waals surface area contributed by atoms with Crippen LogP contribution >= 0.6 is 0 Å². The van der Waals surface area contributed by atoms with Gasteiger partial charge in [0.05, 0.1) is 33.3 Å². The van der Waals surface area contributed by atoms with Crippen molar-refractivity contribution < 1.29 is 14.2 Å². The van der Waals surface area contributed by atoms with E-state index in [0.717, 1.165) is 18.4 Å². The van der Waals surface area contributed by atoms with Gasteiger partial charge in [0.1, 0.15) is 0 Å². The van der Waals surface area contributed by atoms with Gasteiger partial charge in [-0.25, -0.2) is 0 Å². The summed E-state index contributed by atoms with van der Waals surface area (Å²) < 4.78 is 16.2. The van der Waals surface area contributed by atoms with E-state index in [1.54, 1.807) is 21.3 Å². The Balaban J connectivity index is 2.51. The molecule has 0 bridgehead atoms. The lowest BCUT2D eigenvalue weighted by Gasteiger charge is -2.26. The number of benzene rings is 1. The number of ether oxygens (including phenoxy) is 3. The van der Waals surface area contributed by atoms with E-state index in [-0.39, 0.29) is 11.8 Å². The van der Waals surface area contributed by atoms with Gasteiger partial charge in [-0.15, -0.1) is 0 Å². The molecule has 1 aliphatic carbocycles. The molecule has 20 heavy (non-hydrogen) atoms. The molecular weight excluding hydrogens is 254 g/mol. The first-order valence-corrected chi connectivity index (χ1v) is 6.60. The van der Waals surface area contributed by atoms with Crippen molar-refractivity contribution in [3.63, 3.8) is 0 Å². The smallest absolute Gasteiger partial charge is 0.203 e. The molecule has 0 aliphatic heterocycles. The minimum absolute atomic E-state index is 0.0352. The summed E-state index contributed by atoms with van der Waals surface area (Å²) in [5.41, 5.74) is 1.00. The average Bonchev–Trinajstić information content (AvgIpc) is 2.53. The van der Waals surface area contributed by atoms with Crippen LogP contribution in [-0.4, -0.2) is 21.3 Å². The highest BCUT2D eigenvalue weighted by molar-refractivity contribution is 5.57. The Hall–Kier alpha value is -2.15. The van der Waals surface area contributed by atoms with Crippen LogP contribution in [-0.2, 0) is 0 Å². The number of nitrogens with zero attached hydrogens (tertiary/aromatic N) is 1. The van der Waals surface area contributed by atoms with E-state index in [1.807, 2.05) is 12.1 Å². The predicted octanol–water partition coefficient (Wildman–Crippen LogP) is 3.29. The number of rotatable bonds is 4. The second kappa shape index (κ2) is 6.33. The Morgan fingerprint density at radius 1 is 1.00 bits per heavy atom. The van der Waals surface area contributed by atoms with Gasteiger partial charge in [-0.05, 0) is 18.9 Å². The Labute approximate surface area is 119 Å². The molecule has 106 valence electrons. The Kier molecular flexibility index (Phi) is 4.52. The van der Waals surface area contributed by atoms with E-state index >= 15 is 0 Å². The number of nitriles is 1. The standard InChI is InChI=1S/C16H19NO3/c1-18-14-9-8-13(15(19-2)16(14)20-3)12-7-5-4-6-11(12)10-17/h4-5,8-9,11-12H,6-7H2,1-3H3. The minimum Gasteiger partial charge on any atom is -0.493 e. The van der Waals surface area contributed by atoms with Crippen molar-refractivity contribution in [2.24, 2.45) is 5.92 Å². The van der Waals surface area contributed by atoms with Crippen LogP contribution in [0, 0.1) is 17.2 Å². The number of hydrogen-bond acceptors (Lipinski definition) is 4. The lowest BCUT2D eigenvalue weighted by molar-refractivity contribution is 0.318. The molecule has 0 spiro atoms. The normalized spacial score (nSPS) is 21.1. The van der Waals surface area contributed by atoms with Crippen LogP contribution in [0.25, 0.3) is 0 Å². The maximum atomic E-state index is 9.33. The summed E-state index contributed by atoms with van der Waals surface area (Å²) in [7, 11) is 4.80. The largest absolute Gasteiger partial charge is 0.493 e. The molecule has 1 aromatic carbocycles. The zero-order valence-corrected chi connectivity index (χ0v) is 12.1. The quantitative estimate of drug-likeness (QED) is 0.790. The summed E-state index contributed by atoms with van der Waals surface area (Å²) in [5, 5.41) is 9.33. The molecule has 4 nitrogen and oxygen atoms in total. The predicted molar refractivity (Wildman–Crippen MR) is 76.3 cm³/mol. The molecule has 1 aromatic rings. The van der Waals surface area contributed by atoms with E-state index in [4.69, 9.17) is 14.2 Å². The zero-order valence-electron chi connectivity index (χ0n) is 12.1. The van der Waals surface area contributed by atoms with Gasteiger partial charge >= 0.3 is 0 Å². The summed E-state index contributed by atoms with van der Waals surface area (Å²) in [4.78, 5) is 0. The van der Waals surface area contributed by atoms with Gasteiger partial charge in [-0.2, -0.15) is 5.26 Å². The number of allylic oxidation sites excluding steroid dienone is 2. The molecule has 4 heteroatoms. The Morgan fingerprint density at radius 2 is 1.70 bits per heavy atom. The van der Waals surface area contributed by atoms with E-state index in [1.165, 1.54) is 0 Å². The van der Waals surface area contributed by atoms with Gasteiger partial charge in [0.2, 0.25) is 5.75 Å². The maximum Gasteiger partial charge on any atom is 0.203 e. The van der Waals surface area contributed by atoms with Crippen LogP contribution in [0.15, 0.2) is 24.3 Å². The molecule has 0 fully saturated rings. The summed E-state index contributed by atoms with van der Waals surface area (Å²) in [6, 6.07) is 6.22. The third kappa shape index (κ3) is 2.44. The minimum atomic E-state index is -0.0352. The van der Waals surface area contributed by atoms with E-state index in [0.29, 0.717) is 17.2 Å². The number of hydrogen-bond donors (Lipinski definition) is 0. The Bertz CT molecular complexity index is 545. The van der Waals surface area contributed by atoms with Crippen LogP contribution in [0.3, 0.4) is 0 Å². The average molecular weight is 273 g/mol. The Morgan fingerprint density at radius 3 is 2.30 bits per heavy atom. The number of methoxy groups -OCH3 is 3. The van der Waals surface area contributed by atoms with Crippen molar-refractivity contribution in [2.45, 2.75) is 18.8 Å². The highest BCUT2D eigenvalue weighted by Crippen LogP contribution is 2.46. The van der Waals surface area contributed by atoms with Gasteiger partial charge in [0.25, 0.3) is 0 Å². The first kappa shape index (κ1) is 14.3. The second-order valence-electron chi connectivity index (χ2n) is 4.71. The maximum absolute atomic E-state index is 9.33. The van der Waals surface area contributed by atoms with Crippen LogP contribution < -0.4 is 14.2 Å². The first-order valence-electron chi connectivity index (χ1n) is 6.60. The van der Waals surface area contributed by atoms with Gasteiger partial charge in [0.15, 0.2) is 11.5 Å². The third-order valence-electron chi connectivity index (χ3n) is 3.73. The van der Waals surface area contributed by atoms with E-state index < -0.39 is 0 Å². The molecule has 2 rings (SSSR count). The van der Waals surface area contributed by atoms with Gasteiger partial charge in [-0.3, -0.25) is 0 Å². The fraction of sp³-hybridized carbons (Fsp3) is 0.438. The summed E-state index contributed by atoms with van der Waals surface area (Å²) in [5.74, 6) is 1.96. The molecule has 0 aromatic heterocycles. The molecule has 0 N–H and O–H groups in total. The SMILES string of the molecule is COc1ccc(C2CC=CCC2C#N)c(OC)c1OC. The lowest BCUT2D eigenvalue weighted by atomic mass is 9.79. The topological polar surface area (TPSA) is 51.5 Å². The third-order valence-corrected chi connectivity index (χ3v) is 3.73. The van der Waals surface area contributed by atoms with Gasteiger partial charge in [0, 0.05) is 11.5 Å². The van der Waals surface area contributed by atoms with Crippen LogP contribution in [0.1, 0.15) is 24.3 Å². The lowest BCUT2D eigenvalue weighted by Crippen LogP contribution is -2.14. The molecule has 1 aliphatic rings. The zero-order chi connectivity index (χ0) is 14.5. The summed E-state index contributed by atoms with van der Waals surface area (Å²) in [6.07, 6.45) is 5.80. The van der Waals surface area contributed by atoms with Crippen molar-refractivity contribution >= 4 is 0 Å². The fourth-order valence-electron chi connectivity index (χ4n) is 2.72. The molecule has 2 unspecified atom stereocenters. The van der Waals surface area contributed by atoms with E-state index in [2.05, 4.69) is 18.2 Å². The van der Waals surface area contributed by atoms with Gasteiger partial charge in [-0.1, -0.05) is 18.2 Å². The fourth-order valence-corrected chi connectivity index (χ4v) is 2.72. The highest BCUT2D eigenvalue weighted by Gasteiger charge is 2.29. The van der Waals surface area contributed by atoms with Crippen LogP contribution in [0.5, 0.6) is 17.2 Å². The molecule has 0 heterocycles. The van der Waals surface area contributed by atoms with Crippen LogP contribution in [0.2, 0.25) is 0 Å².